The highest BCUT2D eigenvalue weighted by Crippen LogP contribution is 2.74. The largest absolute Gasteiger partial charge is 0.432 e. The van der Waals surface area contributed by atoms with Gasteiger partial charge in [-0.05, 0) is 91.9 Å². The van der Waals surface area contributed by atoms with Crippen molar-refractivity contribution in [2.75, 3.05) is 13.2 Å². The third-order valence-corrected chi connectivity index (χ3v) is 14.6. The predicted octanol–water partition coefficient (Wildman–Crippen LogP) is 0.975. The first-order valence-corrected chi connectivity index (χ1v) is 17.7. The van der Waals surface area contributed by atoms with Gasteiger partial charge in [0.25, 0.3) is 0 Å². The summed E-state index contributed by atoms with van der Waals surface area (Å²) in [6.45, 7) is 10.7. The fourth-order valence-corrected chi connectivity index (χ4v) is 11.0. The van der Waals surface area contributed by atoms with Gasteiger partial charge in [-0.15, -0.1) is 0 Å². The number of carbonyl (C=O) groups is 2. The van der Waals surface area contributed by atoms with Crippen molar-refractivity contribution in [2.45, 2.75) is 142 Å². The van der Waals surface area contributed by atoms with E-state index in [0.29, 0.717) is 44.1 Å². The van der Waals surface area contributed by atoms with Crippen molar-refractivity contribution in [1.82, 2.24) is 0 Å². The first-order valence-electron chi connectivity index (χ1n) is 17.7. The number of rotatable bonds is 8. The summed E-state index contributed by atoms with van der Waals surface area (Å²) in [5.74, 6) is -1.29. The molecule has 274 valence electrons. The van der Waals surface area contributed by atoms with Crippen LogP contribution in [0.2, 0.25) is 0 Å². The van der Waals surface area contributed by atoms with E-state index in [0.717, 1.165) is 6.42 Å². The van der Waals surface area contributed by atoms with Crippen LogP contribution < -0.4 is 0 Å². The molecule has 0 aromatic carbocycles. The van der Waals surface area contributed by atoms with E-state index in [2.05, 4.69) is 20.8 Å². The zero-order valence-corrected chi connectivity index (χ0v) is 29.2. The highest BCUT2D eigenvalue weighted by molar-refractivity contribution is 5.81. The van der Waals surface area contributed by atoms with Gasteiger partial charge < -0.3 is 50.3 Å². The van der Waals surface area contributed by atoms with Crippen LogP contribution in [-0.4, -0.2) is 115 Å². The van der Waals surface area contributed by atoms with Crippen LogP contribution >= 0.6 is 0 Å². The molecular formula is C36H58O12. The third-order valence-electron chi connectivity index (χ3n) is 14.6. The molecule has 0 radical (unpaired) electrons. The monoisotopic (exact) mass is 682 g/mol. The van der Waals surface area contributed by atoms with Crippen LogP contribution in [0.15, 0.2) is 11.6 Å². The molecule has 12 nitrogen and oxygen atoms in total. The fourth-order valence-electron chi connectivity index (χ4n) is 11.0. The molecule has 5 rings (SSSR count). The standard InChI is InChI=1S/C36H58O12/c1-18(19(2)39)7-10-36(31(46)48-30-28(44)27(43)26(42)23(16-37)47-30)12-11-34(5)20(14-36)21(40)13-25-32(3)15-22(41)29(45)33(4,17-38)24(32)8-9-35(25,34)6/h14,18,21-30,37-38,40-45H,7-13,15-17H2,1-6H3/t18-,21+,22+,23+,24-,25-,26+,27-,28+,29-,30-,32-,33-,34+,35+,36-/m0/s1. The van der Waals surface area contributed by atoms with Crippen molar-refractivity contribution in [2.24, 2.45) is 44.8 Å². The lowest BCUT2D eigenvalue weighted by molar-refractivity contribution is -0.295. The van der Waals surface area contributed by atoms with Gasteiger partial charge in [0.1, 0.15) is 30.2 Å². The molecule has 0 unspecified atom stereocenters. The zero-order chi connectivity index (χ0) is 35.8. The quantitative estimate of drug-likeness (QED) is 0.133. The Labute approximate surface area is 283 Å². The lowest BCUT2D eigenvalue weighted by Crippen LogP contribution is -2.68. The average Bonchev–Trinajstić information content (AvgIpc) is 3.04. The molecule has 0 aromatic heterocycles. The van der Waals surface area contributed by atoms with Gasteiger partial charge in [0.05, 0.1) is 36.9 Å². The second-order valence-electron chi connectivity index (χ2n) is 16.9. The van der Waals surface area contributed by atoms with Crippen molar-refractivity contribution in [3.63, 3.8) is 0 Å². The minimum Gasteiger partial charge on any atom is -0.432 e. The third kappa shape index (κ3) is 5.53. The molecule has 4 fully saturated rings. The van der Waals surface area contributed by atoms with Gasteiger partial charge >= 0.3 is 5.97 Å². The van der Waals surface area contributed by atoms with Gasteiger partial charge in [-0.2, -0.15) is 0 Å². The van der Waals surface area contributed by atoms with Gasteiger partial charge in [-0.3, -0.25) is 9.59 Å². The van der Waals surface area contributed by atoms with Crippen LogP contribution in [0.5, 0.6) is 0 Å². The molecule has 8 N–H and O–H groups in total. The summed E-state index contributed by atoms with van der Waals surface area (Å²) in [6.07, 6.45) is -5.72. The number of Topliss-reactive ketones (excluding diaryl/α,β-unsaturated/α-hetero) is 1. The van der Waals surface area contributed by atoms with Gasteiger partial charge in [0.2, 0.25) is 6.29 Å². The SMILES string of the molecule is CC(=O)[C@@H](C)CC[C@@]1(C(=O)O[C@@H]2O[C@H](CO)[C@@H](O)[C@H](O)[C@H]2O)C=C2[C@H](O)C[C@H]3[C@@]4(C)C[C@@H](O)[C@H](O)[C@@](C)(CO)[C@H]4CC[C@@]3(C)[C@]2(C)CC1. The molecule has 1 saturated heterocycles. The number of fused-ring (bicyclic) bond motifs is 5. The summed E-state index contributed by atoms with van der Waals surface area (Å²) in [7, 11) is 0. The number of ketones is 1. The van der Waals surface area contributed by atoms with Crippen LogP contribution in [0.3, 0.4) is 0 Å². The Kier molecular flexibility index (Phi) is 10.2. The Morgan fingerprint density at radius 1 is 0.958 bits per heavy atom. The number of carbonyl (C=O) groups excluding carboxylic acids is 2. The van der Waals surface area contributed by atoms with Crippen molar-refractivity contribution < 1.29 is 59.9 Å². The molecule has 1 heterocycles. The number of aliphatic hydroxyl groups excluding tert-OH is 8. The van der Waals surface area contributed by atoms with E-state index in [-0.39, 0.29) is 42.0 Å². The van der Waals surface area contributed by atoms with Crippen molar-refractivity contribution in [3.8, 4) is 0 Å². The smallest absolute Gasteiger partial charge is 0.318 e. The summed E-state index contributed by atoms with van der Waals surface area (Å²) < 4.78 is 11.2. The van der Waals surface area contributed by atoms with Crippen LogP contribution in [-0.2, 0) is 19.1 Å². The minimum absolute atomic E-state index is 0.0338. The fraction of sp³-hybridized carbons (Fsp3) is 0.889. The Balaban J connectivity index is 1.52. The summed E-state index contributed by atoms with van der Waals surface area (Å²) in [5.41, 5.74) is -2.94. The second-order valence-corrected chi connectivity index (χ2v) is 16.9. The molecule has 16 atom stereocenters. The number of ether oxygens (including phenoxy) is 2. The van der Waals surface area contributed by atoms with E-state index in [1.807, 2.05) is 13.0 Å². The molecule has 5 aliphatic rings. The first kappa shape index (κ1) is 37.8. The van der Waals surface area contributed by atoms with E-state index < -0.39 is 83.3 Å². The Morgan fingerprint density at radius 3 is 2.23 bits per heavy atom. The van der Waals surface area contributed by atoms with Gasteiger partial charge in [0.15, 0.2) is 0 Å². The molecule has 0 aromatic rings. The molecule has 0 amide bonds. The lowest BCUT2D eigenvalue weighted by atomic mass is 9.34. The van der Waals surface area contributed by atoms with Gasteiger partial charge in [0, 0.05) is 11.3 Å². The summed E-state index contributed by atoms with van der Waals surface area (Å²) >= 11 is 0. The maximum Gasteiger partial charge on any atom is 0.318 e. The predicted molar refractivity (Wildman–Crippen MR) is 172 cm³/mol. The number of esters is 1. The number of aliphatic hydroxyl groups is 8. The first-order chi connectivity index (χ1) is 22.3. The van der Waals surface area contributed by atoms with E-state index >= 15 is 0 Å². The molecular weight excluding hydrogens is 624 g/mol. The zero-order valence-electron chi connectivity index (χ0n) is 29.2. The maximum absolute atomic E-state index is 14.3. The van der Waals surface area contributed by atoms with E-state index in [1.54, 1.807) is 6.92 Å². The molecule has 1 aliphatic heterocycles. The number of hydrogen-bond acceptors (Lipinski definition) is 12. The van der Waals surface area contributed by atoms with Crippen molar-refractivity contribution >= 4 is 11.8 Å². The van der Waals surface area contributed by atoms with Crippen LogP contribution in [0.1, 0.15) is 92.9 Å². The van der Waals surface area contributed by atoms with Crippen LogP contribution in [0.4, 0.5) is 0 Å². The normalized spacial score (nSPS) is 51.1. The highest BCUT2D eigenvalue weighted by Gasteiger charge is 2.70. The topological polar surface area (TPSA) is 214 Å². The number of hydrogen-bond donors (Lipinski definition) is 8. The van der Waals surface area contributed by atoms with E-state index in [4.69, 9.17) is 9.47 Å². The maximum atomic E-state index is 14.3. The van der Waals surface area contributed by atoms with Crippen LogP contribution in [0, 0.1) is 44.8 Å². The molecule has 4 aliphatic carbocycles. The second kappa shape index (κ2) is 12.9. The summed E-state index contributed by atoms with van der Waals surface area (Å²) in [6, 6.07) is 0. The van der Waals surface area contributed by atoms with Crippen molar-refractivity contribution in [1.29, 1.82) is 0 Å². The molecule has 48 heavy (non-hydrogen) atoms. The molecule has 0 spiro atoms. The summed E-state index contributed by atoms with van der Waals surface area (Å²) in [5, 5.41) is 85.5. The van der Waals surface area contributed by atoms with E-state index in [1.165, 1.54) is 6.92 Å². The molecule has 12 heteroatoms. The minimum atomic E-state index is -1.77. The van der Waals surface area contributed by atoms with E-state index in [9.17, 15) is 50.4 Å². The Morgan fingerprint density at radius 2 is 1.62 bits per heavy atom. The molecule has 3 saturated carbocycles. The molecule has 0 bridgehead atoms. The lowest BCUT2D eigenvalue weighted by Gasteiger charge is -2.71. The van der Waals surface area contributed by atoms with Crippen molar-refractivity contribution in [3.05, 3.63) is 11.6 Å². The van der Waals surface area contributed by atoms with Crippen LogP contribution in [0.25, 0.3) is 0 Å². The van der Waals surface area contributed by atoms with Gasteiger partial charge in [-0.25, -0.2) is 0 Å². The average molecular weight is 683 g/mol. The van der Waals surface area contributed by atoms with Gasteiger partial charge in [-0.1, -0.05) is 40.7 Å². The highest BCUT2D eigenvalue weighted by atomic mass is 16.7. The Bertz CT molecular complexity index is 1270. The Hall–Kier alpha value is -1.48. The summed E-state index contributed by atoms with van der Waals surface area (Å²) in [4.78, 5) is 26.5.